The third-order valence-electron chi connectivity index (χ3n) is 2.66. The summed E-state index contributed by atoms with van der Waals surface area (Å²) in [6.07, 6.45) is 3.00. The second-order valence-corrected chi connectivity index (χ2v) is 5.76. The normalized spacial score (nSPS) is 18.2. The number of aliphatic hydroxyl groups is 1. The molecular formula is C12H19N3O3. The zero-order valence-electron chi connectivity index (χ0n) is 10.9. The Morgan fingerprint density at radius 1 is 1.61 bits per heavy atom. The third-order valence-corrected chi connectivity index (χ3v) is 2.66. The lowest BCUT2D eigenvalue weighted by atomic mass is 9.92. The molecule has 1 saturated heterocycles. The van der Waals surface area contributed by atoms with Crippen LogP contribution in [0.1, 0.15) is 26.5 Å². The second kappa shape index (κ2) is 4.37. The van der Waals surface area contributed by atoms with Gasteiger partial charge in [0.1, 0.15) is 11.9 Å². The van der Waals surface area contributed by atoms with E-state index in [1.165, 1.54) is 10.9 Å². The number of nitrogens with one attached hydrogen (secondary N) is 1. The molecule has 1 aliphatic heterocycles. The van der Waals surface area contributed by atoms with Gasteiger partial charge in [-0.25, -0.2) is 14.3 Å². The van der Waals surface area contributed by atoms with Gasteiger partial charge in [0.25, 0.3) is 0 Å². The van der Waals surface area contributed by atoms with Crippen molar-refractivity contribution < 1.29 is 14.6 Å². The maximum absolute atomic E-state index is 11.7. The highest BCUT2D eigenvalue weighted by atomic mass is 16.6. The Kier molecular flexibility index (Phi) is 3.16. The van der Waals surface area contributed by atoms with Crippen molar-refractivity contribution in [2.75, 3.05) is 13.1 Å². The van der Waals surface area contributed by atoms with E-state index in [1.54, 1.807) is 6.20 Å². The summed E-state index contributed by atoms with van der Waals surface area (Å²) in [5, 5.41) is 13.0. The molecule has 0 unspecified atom stereocenters. The summed E-state index contributed by atoms with van der Waals surface area (Å²) in [6, 6.07) is 0. The Balaban J connectivity index is 1.99. The van der Waals surface area contributed by atoms with Gasteiger partial charge in [-0.3, -0.25) is 0 Å². The van der Waals surface area contributed by atoms with Gasteiger partial charge in [0, 0.05) is 25.7 Å². The predicted molar refractivity (Wildman–Crippen MR) is 65.4 cm³/mol. The van der Waals surface area contributed by atoms with Crippen LogP contribution in [0.2, 0.25) is 0 Å². The van der Waals surface area contributed by atoms with Crippen molar-refractivity contribution in [2.24, 2.45) is 0 Å². The van der Waals surface area contributed by atoms with E-state index in [-0.39, 0.29) is 0 Å². The van der Waals surface area contributed by atoms with Crippen molar-refractivity contribution in [3.05, 3.63) is 18.2 Å². The first-order valence-corrected chi connectivity index (χ1v) is 5.97. The number of carbonyl (C=O) groups excluding carboxylic acids is 1. The lowest BCUT2D eigenvalue weighted by Crippen LogP contribution is -2.60. The molecule has 0 amide bonds. The molecule has 2 heterocycles. The van der Waals surface area contributed by atoms with Crippen molar-refractivity contribution in [1.29, 1.82) is 0 Å². The number of rotatable bonds is 2. The van der Waals surface area contributed by atoms with E-state index in [1.807, 2.05) is 20.8 Å². The number of ether oxygens (including phenoxy) is 1. The average Bonchev–Trinajstić information content (AvgIpc) is 2.61. The fourth-order valence-electron chi connectivity index (χ4n) is 1.75. The summed E-state index contributed by atoms with van der Waals surface area (Å²) in [4.78, 5) is 15.9. The molecule has 0 bridgehead atoms. The number of imidazole rings is 1. The first kappa shape index (κ1) is 13.0. The topological polar surface area (TPSA) is 76.4 Å². The van der Waals surface area contributed by atoms with Gasteiger partial charge in [0.2, 0.25) is 0 Å². The standard InChI is InChI=1S/C12H19N3O3/c1-11(2,3)18-10(16)15-5-9(14-8-15)4-12(17)6-13-7-12/h5,8,13,17H,4,6-7H2,1-3H3. The first-order valence-electron chi connectivity index (χ1n) is 5.97. The number of aromatic nitrogens is 2. The Labute approximate surface area is 106 Å². The summed E-state index contributed by atoms with van der Waals surface area (Å²) < 4.78 is 6.52. The minimum Gasteiger partial charge on any atom is -0.443 e. The molecule has 0 radical (unpaired) electrons. The Morgan fingerprint density at radius 2 is 2.28 bits per heavy atom. The molecule has 0 aromatic carbocycles. The quantitative estimate of drug-likeness (QED) is 0.804. The third kappa shape index (κ3) is 3.08. The van der Waals surface area contributed by atoms with Crippen molar-refractivity contribution in [2.45, 2.75) is 38.4 Å². The van der Waals surface area contributed by atoms with Crippen LogP contribution < -0.4 is 5.32 Å². The molecule has 0 aliphatic carbocycles. The zero-order valence-corrected chi connectivity index (χ0v) is 10.9. The van der Waals surface area contributed by atoms with Crippen LogP contribution in [0.3, 0.4) is 0 Å². The van der Waals surface area contributed by atoms with Gasteiger partial charge >= 0.3 is 6.09 Å². The maximum atomic E-state index is 11.7. The van der Waals surface area contributed by atoms with E-state index in [0.717, 1.165) is 0 Å². The summed E-state index contributed by atoms with van der Waals surface area (Å²) in [5.41, 5.74) is -0.574. The van der Waals surface area contributed by atoms with Gasteiger partial charge in [0.15, 0.2) is 0 Å². The molecule has 6 nitrogen and oxygen atoms in total. The van der Waals surface area contributed by atoms with E-state index in [0.29, 0.717) is 25.2 Å². The maximum Gasteiger partial charge on any atom is 0.419 e. The monoisotopic (exact) mass is 253 g/mol. The molecular weight excluding hydrogens is 234 g/mol. The second-order valence-electron chi connectivity index (χ2n) is 5.76. The number of β-amino-alcohol motifs (C(OH)–C–C–N with tert-alkyl or cyclic N) is 1. The highest BCUT2D eigenvalue weighted by Crippen LogP contribution is 2.17. The fourth-order valence-corrected chi connectivity index (χ4v) is 1.75. The van der Waals surface area contributed by atoms with Gasteiger partial charge < -0.3 is 15.2 Å². The summed E-state index contributed by atoms with van der Waals surface area (Å²) >= 11 is 0. The van der Waals surface area contributed by atoms with Gasteiger partial charge in [-0.1, -0.05) is 0 Å². The molecule has 18 heavy (non-hydrogen) atoms. The largest absolute Gasteiger partial charge is 0.443 e. The van der Waals surface area contributed by atoms with E-state index < -0.39 is 17.3 Å². The van der Waals surface area contributed by atoms with Gasteiger partial charge in [-0.2, -0.15) is 0 Å². The molecule has 100 valence electrons. The SMILES string of the molecule is CC(C)(C)OC(=O)n1cnc(CC2(O)CNC2)c1. The first-order chi connectivity index (χ1) is 8.27. The number of nitrogens with zero attached hydrogens (tertiary/aromatic N) is 2. The van der Waals surface area contributed by atoms with Crippen LogP contribution >= 0.6 is 0 Å². The highest BCUT2D eigenvalue weighted by molar-refractivity contribution is 5.70. The van der Waals surface area contributed by atoms with Crippen LogP contribution in [0.15, 0.2) is 12.5 Å². The Morgan fingerprint density at radius 3 is 2.78 bits per heavy atom. The Bertz CT molecular complexity index is 444. The van der Waals surface area contributed by atoms with Gasteiger partial charge in [0.05, 0.1) is 11.3 Å². The smallest absolute Gasteiger partial charge is 0.419 e. The van der Waals surface area contributed by atoms with Gasteiger partial charge in [-0.15, -0.1) is 0 Å². The van der Waals surface area contributed by atoms with E-state index in [4.69, 9.17) is 4.74 Å². The molecule has 1 aromatic rings. The van der Waals surface area contributed by atoms with Crippen LogP contribution in [0.5, 0.6) is 0 Å². The molecule has 6 heteroatoms. The number of carbonyl (C=O) groups is 1. The number of hydrogen-bond acceptors (Lipinski definition) is 5. The summed E-state index contributed by atoms with van der Waals surface area (Å²) in [5.74, 6) is 0. The van der Waals surface area contributed by atoms with Gasteiger partial charge in [-0.05, 0) is 20.8 Å². The van der Waals surface area contributed by atoms with Crippen LogP contribution in [-0.2, 0) is 11.2 Å². The molecule has 1 aromatic heterocycles. The fraction of sp³-hybridized carbons (Fsp3) is 0.667. The Hall–Kier alpha value is -1.40. The molecule has 0 atom stereocenters. The molecule has 1 aliphatic rings. The minimum absolute atomic E-state index is 0.440. The number of hydrogen-bond donors (Lipinski definition) is 2. The minimum atomic E-state index is -0.729. The molecule has 1 fully saturated rings. The summed E-state index contributed by atoms with van der Waals surface area (Å²) in [6.45, 7) is 6.56. The summed E-state index contributed by atoms with van der Waals surface area (Å²) in [7, 11) is 0. The lowest BCUT2D eigenvalue weighted by Gasteiger charge is -2.37. The van der Waals surface area contributed by atoms with Crippen LogP contribution in [0, 0.1) is 0 Å². The predicted octanol–water partition coefficient (Wildman–Crippen LogP) is 0.543. The van der Waals surface area contributed by atoms with Crippen molar-refractivity contribution in [1.82, 2.24) is 14.9 Å². The van der Waals surface area contributed by atoms with Crippen molar-refractivity contribution >= 4 is 6.09 Å². The van der Waals surface area contributed by atoms with Crippen molar-refractivity contribution in [3.8, 4) is 0 Å². The average molecular weight is 253 g/mol. The van der Waals surface area contributed by atoms with Crippen LogP contribution in [0.4, 0.5) is 4.79 Å². The van der Waals surface area contributed by atoms with E-state index in [2.05, 4.69) is 10.3 Å². The van der Waals surface area contributed by atoms with Crippen LogP contribution in [-0.4, -0.2) is 45.0 Å². The molecule has 2 N–H and O–H groups in total. The van der Waals surface area contributed by atoms with Crippen LogP contribution in [0.25, 0.3) is 0 Å². The van der Waals surface area contributed by atoms with E-state index >= 15 is 0 Å². The van der Waals surface area contributed by atoms with E-state index in [9.17, 15) is 9.90 Å². The zero-order chi connectivity index (χ0) is 13.4. The molecule has 0 saturated carbocycles. The lowest BCUT2D eigenvalue weighted by molar-refractivity contribution is -0.00980. The molecule has 2 rings (SSSR count). The highest BCUT2D eigenvalue weighted by Gasteiger charge is 2.35. The molecule has 0 spiro atoms. The van der Waals surface area contributed by atoms with Crippen molar-refractivity contribution in [3.63, 3.8) is 0 Å².